The van der Waals surface area contributed by atoms with Gasteiger partial charge in [-0.2, -0.15) is 9.36 Å². The molecule has 2 amide bonds. The van der Waals surface area contributed by atoms with E-state index >= 15 is 0 Å². The van der Waals surface area contributed by atoms with Gasteiger partial charge in [0.2, 0.25) is 17.6 Å². The predicted octanol–water partition coefficient (Wildman–Crippen LogP) is -0.352. The van der Waals surface area contributed by atoms with Crippen molar-refractivity contribution >= 4 is 57.7 Å². The van der Waals surface area contributed by atoms with Crippen molar-refractivity contribution in [2.45, 2.75) is 30.7 Å². The van der Waals surface area contributed by atoms with Gasteiger partial charge >= 0.3 is 5.97 Å². The van der Waals surface area contributed by atoms with Crippen molar-refractivity contribution in [3.05, 3.63) is 28.7 Å². The number of carboxylic acids is 1. The van der Waals surface area contributed by atoms with Crippen LogP contribution < -0.4 is 11.1 Å². The average Bonchev–Trinajstić information content (AvgIpc) is 3.60. The van der Waals surface area contributed by atoms with Gasteiger partial charge in [0.1, 0.15) is 5.70 Å². The fourth-order valence-electron chi connectivity index (χ4n) is 4.97. The van der Waals surface area contributed by atoms with E-state index < -0.39 is 34.7 Å². The minimum Gasteiger partial charge on any atom is -0.477 e. The number of thioether (sulfide) groups is 1. The minimum atomic E-state index is -1.27. The molecular formula is C21H23N7O6S2. The highest BCUT2D eigenvalue weighted by molar-refractivity contribution is 8.00. The van der Waals surface area contributed by atoms with E-state index in [2.05, 4.69) is 19.8 Å². The van der Waals surface area contributed by atoms with Crippen LogP contribution in [0.3, 0.4) is 0 Å². The number of hydrogen-bond acceptors (Lipinski definition) is 12. The largest absolute Gasteiger partial charge is 0.477 e. The van der Waals surface area contributed by atoms with Crippen molar-refractivity contribution < 1.29 is 29.5 Å². The number of likely N-dealkylation sites (tertiary alicyclic amines) is 1. The van der Waals surface area contributed by atoms with Gasteiger partial charge in [-0.05, 0) is 31.0 Å². The zero-order chi connectivity index (χ0) is 25.6. The molecule has 1 aromatic heterocycles. The number of anilines is 1. The number of β-lactam (4-membered cyclic amide) rings is 1. The fraction of sp³-hybridized carbons (Fsp3) is 0.476. The number of nitrogens with one attached hydrogen (secondary N) is 1. The van der Waals surface area contributed by atoms with Crippen LogP contribution in [0.15, 0.2) is 28.1 Å². The number of aliphatic carboxylic acids is 1. The molecular weight excluding hydrogens is 510 g/mol. The van der Waals surface area contributed by atoms with E-state index in [9.17, 15) is 29.5 Å². The molecule has 4 aliphatic heterocycles. The third kappa shape index (κ3) is 4.16. The van der Waals surface area contributed by atoms with Crippen molar-refractivity contribution in [3.63, 3.8) is 0 Å². The van der Waals surface area contributed by atoms with Gasteiger partial charge in [0.05, 0.1) is 11.3 Å². The Labute approximate surface area is 213 Å². The normalized spacial score (nSPS) is 27.6. The van der Waals surface area contributed by atoms with E-state index in [1.54, 1.807) is 6.08 Å². The van der Waals surface area contributed by atoms with Crippen LogP contribution in [0.4, 0.5) is 5.13 Å². The molecule has 0 radical (unpaired) electrons. The number of carboxylic acid groups (broad SMARTS) is 1. The Hall–Kier alpha value is -3.30. The molecule has 1 aromatic rings. The lowest BCUT2D eigenvalue weighted by Crippen LogP contribution is -2.62. The number of fused-ring (bicyclic) bond motifs is 1. The Kier molecular flexibility index (Phi) is 6.53. The number of allylic oxidation sites excluding steroid dienone is 1. The molecule has 0 saturated carbocycles. The number of carbonyl (C=O) groups is 4. The molecule has 3 saturated heterocycles. The van der Waals surface area contributed by atoms with Crippen molar-refractivity contribution in [1.82, 2.24) is 24.5 Å². The zero-order valence-corrected chi connectivity index (χ0v) is 20.5. The van der Waals surface area contributed by atoms with Crippen LogP contribution in [0.25, 0.3) is 0 Å². The Bertz CT molecular complexity index is 1230. The van der Waals surface area contributed by atoms with Crippen molar-refractivity contribution in [1.29, 1.82) is 0 Å². The van der Waals surface area contributed by atoms with E-state index in [1.165, 1.54) is 16.7 Å². The van der Waals surface area contributed by atoms with Gasteiger partial charge < -0.3 is 26.3 Å². The van der Waals surface area contributed by atoms with Gasteiger partial charge in [-0.15, -0.1) is 11.8 Å². The van der Waals surface area contributed by atoms with Gasteiger partial charge in [-0.1, -0.05) is 5.16 Å². The summed E-state index contributed by atoms with van der Waals surface area (Å²) in [6.45, 7) is 2.20. The first-order valence-electron chi connectivity index (χ1n) is 11.3. The standard InChI is InChI=1S/C21H23N7O6S2/c22-21-24-16(26-36-21)14(25-34)13(29)6-12-18(31)28-15(20(32)33)10(8-35-19(12)28)5-9-2-4-27(17(9)30)11-1-3-23-7-11/h5,11-12,19,23,34H,1-4,6-8H2,(H,32,33)(H2,22,24,26)/b9-5+,25-14-/t11?,12-,19?/m1/s1. The predicted molar refractivity (Wildman–Crippen MR) is 129 cm³/mol. The molecule has 0 aromatic carbocycles. The molecule has 2 unspecified atom stereocenters. The number of rotatable bonds is 7. The van der Waals surface area contributed by atoms with Crippen LogP contribution in [0, 0.1) is 5.92 Å². The summed E-state index contributed by atoms with van der Waals surface area (Å²) in [6.07, 6.45) is 2.72. The first kappa shape index (κ1) is 24.4. The highest BCUT2D eigenvalue weighted by atomic mass is 32.2. The van der Waals surface area contributed by atoms with Crippen LogP contribution >= 0.6 is 23.3 Å². The molecule has 3 fully saturated rings. The Morgan fingerprint density at radius 2 is 2.14 bits per heavy atom. The molecule has 15 heteroatoms. The Morgan fingerprint density at radius 1 is 1.33 bits per heavy atom. The summed E-state index contributed by atoms with van der Waals surface area (Å²) < 4.78 is 3.86. The second-order valence-electron chi connectivity index (χ2n) is 8.79. The molecule has 13 nitrogen and oxygen atoms in total. The molecule has 5 heterocycles. The maximum atomic E-state index is 13.0. The molecule has 3 atom stereocenters. The van der Waals surface area contributed by atoms with E-state index in [4.69, 9.17) is 5.73 Å². The lowest BCUT2D eigenvalue weighted by atomic mass is 9.89. The van der Waals surface area contributed by atoms with Crippen molar-refractivity contribution in [3.8, 4) is 0 Å². The quantitative estimate of drug-likeness (QED) is 0.118. The second-order valence-corrected chi connectivity index (χ2v) is 10.7. The van der Waals surface area contributed by atoms with Crippen LogP contribution in [-0.4, -0.2) is 95.6 Å². The third-order valence-corrected chi connectivity index (χ3v) is 8.62. The number of oxime groups is 1. The highest BCUT2D eigenvalue weighted by Gasteiger charge is 2.54. The molecule has 36 heavy (non-hydrogen) atoms. The SMILES string of the molecule is Nc1nc(/C(=N\O)C(=O)C[C@@H]2C(=O)N3C(C(=O)O)=C(/C=C4\CCN(C5CCNC5)C4=O)CSC23)ns1. The first-order chi connectivity index (χ1) is 17.3. The fourth-order valence-corrected chi connectivity index (χ4v) is 6.78. The molecule has 5 rings (SSSR count). The van der Waals surface area contributed by atoms with E-state index in [1.807, 2.05) is 4.90 Å². The number of nitrogen functional groups attached to an aromatic ring is 1. The van der Waals surface area contributed by atoms with Gasteiger partial charge in [0, 0.05) is 48.4 Å². The summed E-state index contributed by atoms with van der Waals surface area (Å²) in [7, 11) is 0. The lowest BCUT2D eigenvalue weighted by Gasteiger charge is -2.49. The average molecular weight is 534 g/mol. The van der Waals surface area contributed by atoms with E-state index in [-0.39, 0.29) is 40.8 Å². The molecule has 5 N–H and O–H groups in total. The number of carbonyl (C=O) groups excluding carboxylic acids is 3. The van der Waals surface area contributed by atoms with Crippen LogP contribution in [0.1, 0.15) is 25.1 Å². The van der Waals surface area contributed by atoms with Crippen LogP contribution in [-0.2, 0) is 19.2 Å². The summed E-state index contributed by atoms with van der Waals surface area (Å²) in [5.74, 6) is -3.20. The highest BCUT2D eigenvalue weighted by Crippen LogP contribution is 2.46. The molecule has 0 spiro atoms. The van der Waals surface area contributed by atoms with Gasteiger partial charge in [-0.3, -0.25) is 19.3 Å². The number of Topliss-reactive ketones (excluding diaryl/α,β-unsaturated/α-hetero) is 1. The van der Waals surface area contributed by atoms with Gasteiger partial charge in [0.25, 0.3) is 0 Å². The van der Waals surface area contributed by atoms with E-state index in [0.717, 1.165) is 31.0 Å². The van der Waals surface area contributed by atoms with Crippen molar-refractivity contribution in [2.24, 2.45) is 11.1 Å². The second kappa shape index (κ2) is 9.63. The maximum Gasteiger partial charge on any atom is 0.352 e. The van der Waals surface area contributed by atoms with E-state index in [0.29, 0.717) is 24.1 Å². The van der Waals surface area contributed by atoms with Gasteiger partial charge in [0.15, 0.2) is 16.6 Å². The zero-order valence-electron chi connectivity index (χ0n) is 18.9. The first-order valence-corrected chi connectivity index (χ1v) is 13.1. The molecule has 0 aliphatic carbocycles. The smallest absolute Gasteiger partial charge is 0.352 e. The molecule has 0 bridgehead atoms. The van der Waals surface area contributed by atoms with Crippen LogP contribution in [0.2, 0.25) is 0 Å². The summed E-state index contributed by atoms with van der Waals surface area (Å²) >= 11 is 2.16. The monoisotopic (exact) mass is 533 g/mol. The summed E-state index contributed by atoms with van der Waals surface area (Å²) in [5.41, 5.74) is 5.88. The number of hydrogen-bond donors (Lipinski definition) is 4. The minimum absolute atomic E-state index is 0.0920. The number of nitrogens with zero attached hydrogens (tertiary/aromatic N) is 5. The summed E-state index contributed by atoms with van der Waals surface area (Å²) in [5, 5.41) is 24.9. The molecule has 190 valence electrons. The van der Waals surface area contributed by atoms with Crippen molar-refractivity contribution in [2.75, 3.05) is 31.1 Å². The Balaban J connectivity index is 1.33. The number of nitrogens with two attached hydrogens (primary N) is 1. The van der Waals surface area contributed by atoms with Crippen LogP contribution in [0.5, 0.6) is 0 Å². The number of amides is 2. The number of aromatic nitrogens is 2. The lowest BCUT2D eigenvalue weighted by molar-refractivity contribution is -0.153. The number of ketones is 1. The summed E-state index contributed by atoms with van der Waals surface area (Å²) in [6, 6.07) is 0.139. The Morgan fingerprint density at radius 3 is 2.78 bits per heavy atom. The third-order valence-electron chi connectivity index (χ3n) is 6.71. The summed E-state index contributed by atoms with van der Waals surface area (Å²) in [4.78, 5) is 57.6. The molecule has 4 aliphatic rings. The van der Waals surface area contributed by atoms with Gasteiger partial charge in [-0.25, -0.2) is 4.79 Å². The maximum absolute atomic E-state index is 13.0. The topological polar surface area (TPSA) is 191 Å².